The lowest BCUT2D eigenvalue weighted by Gasteiger charge is -2.16. The molecule has 0 amide bonds. The summed E-state index contributed by atoms with van der Waals surface area (Å²) in [5, 5.41) is 0. The molecule has 1 unspecified atom stereocenters. The van der Waals surface area contributed by atoms with E-state index in [9.17, 15) is 0 Å². The minimum atomic E-state index is 0.0601. The van der Waals surface area contributed by atoms with Crippen LogP contribution in [0.4, 0.5) is 0 Å². The predicted molar refractivity (Wildman–Crippen MR) is 77.2 cm³/mol. The fourth-order valence-electron chi connectivity index (χ4n) is 1.52. The van der Waals surface area contributed by atoms with Gasteiger partial charge in [0, 0.05) is 20.1 Å². The highest BCUT2D eigenvalue weighted by atomic mass is 35.5. The Hall–Kier alpha value is -1.37. The second kappa shape index (κ2) is 8.68. The summed E-state index contributed by atoms with van der Waals surface area (Å²) in [6.45, 7) is 2.67. The number of methoxy groups -OCH3 is 2. The minimum absolute atomic E-state index is 0.0601. The first-order valence-corrected chi connectivity index (χ1v) is 6.63. The first kappa shape index (κ1) is 15.7. The zero-order chi connectivity index (χ0) is 14.1. The van der Waals surface area contributed by atoms with Gasteiger partial charge in [0.25, 0.3) is 0 Å². The molecular weight excluding hydrogens is 264 g/mol. The van der Waals surface area contributed by atoms with Crippen molar-refractivity contribution in [2.75, 3.05) is 26.7 Å². The molecule has 0 heterocycles. The Balaban J connectivity index is 2.86. The van der Waals surface area contributed by atoms with Gasteiger partial charge in [-0.05, 0) is 25.1 Å². The molecule has 0 aliphatic rings. The van der Waals surface area contributed by atoms with Crippen LogP contribution in [0.3, 0.4) is 0 Å². The molecule has 1 rings (SSSR count). The molecule has 0 aliphatic carbocycles. The van der Waals surface area contributed by atoms with Gasteiger partial charge in [-0.1, -0.05) is 11.8 Å². The van der Waals surface area contributed by atoms with E-state index in [0.29, 0.717) is 6.61 Å². The third-order valence-corrected chi connectivity index (χ3v) is 2.67. The van der Waals surface area contributed by atoms with Crippen molar-refractivity contribution in [2.24, 2.45) is 0 Å². The summed E-state index contributed by atoms with van der Waals surface area (Å²) in [6, 6.07) is 5.56. The van der Waals surface area contributed by atoms with E-state index in [-0.39, 0.29) is 12.0 Å². The number of alkyl halides is 1. The van der Waals surface area contributed by atoms with Crippen molar-refractivity contribution in [1.29, 1.82) is 0 Å². The van der Waals surface area contributed by atoms with Crippen LogP contribution >= 0.6 is 11.6 Å². The molecule has 1 aromatic carbocycles. The van der Waals surface area contributed by atoms with Crippen molar-refractivity contribution >= 4 is 11.6 Å². The molecule has 1 aromatic rings. The quantitative estimate of drug-likeness (QED) is 0.593. The molecule has 0 saturated carbocycles. The van der Waals surface area contributed by atoms with Gasteiger partial charge in [0.2, 0.25) is 0 Å². The second-order valence-electron chi connectivity index (χ2n) is 4.01. The van der Waals surface area contributed by atoms with Gasteiger partial charge in [-0.3, -0.25) is 0 Å². The fraction of sp³-hybridized carbons (Fsp3) is 0.467. The van der Waals surface area contributed by atoms with Crippen molar-refractivity contribution in [2.45, 2.75) is 19.4 Å². The summed E-state index contributed by atoms with van der Waals surface area (Å²) in [5.74, 6) is 7.58. The van der Waals surface area contributed by atoms with E-state index >= 15 is 0 Å². The summed E-state index contributed by atoms with van der Waals surface area (Å²) in [7, 11) is 3.30. The van der Waals surface area contributed by atoms with Gasteiger partial charge in [-0.15, -0.1) is 11.6 Å². The molecule has 0 N–H and O–H groups in total. The summed E-state index contributed by atoms with van der Waals surface area (Å²) < 4.78 is 16.1. The van der Waals surface area contributed by atoms with Crippen LogP contribution in [0.5, 0.6) is 11.5 Å². The molecule has 0 spiro atoms. The van der Waals surface area contributed by atoms with Gasteiger partial charge >= 0.3 is 0 Å². The molecule has 0 radical (unpaired) electrons. The van der Waals surface area contributed by atoms with Crippen LogP contribution in [0.1, 0.15) is 18.9 Å². The molecular formula is C15H19ClO3. The van der Waals surface area contributed by atoms with Crippen LogP contribution in [0.2, 0.25) is 0 Å². The zero-order valence-electron chi connectivity index (χ0n) is 11.5. The van der Waals surface area contributed by atoms with Gasteiger partial charge in [0.1, 0.15) is 11.5 Å². The first-order valence-electron chi connectivity index (χ1n) is 6.09. The van der Waals surface area contributed by atoms with E-state index in [0.717, 1.165) is 23.5 Å². The molecule has 19 heavy (non-hydrogen) atoms. The summed E-state index contributed by atoms with van der Waals surface area (Å²) in [5.41, 5.74) is 0.782. The summed E-state index contributed by atoms with van der Waals surface area (Å²) in [6.07, 6.45) is 0.884. The van der Waals surface area contributed by atoms with E-state index in [1.165, 1.54) is 0 Å². The molecule has 0 aromatic heterocycles. The maximum Gasteiger partial charge on any atom is 0.135 e. The Morgan fingerprint density at radius 3 is 2.74 bits per heavy atom. The average Bonchev–Trinajstić information content (AvgIpc) is 2.44. The lowest BCUT2D eigenvalue weighted by molar-refractivity contribution is 0.135. The molecule has 0 bridgehead atoms. The Morgan fingerprint density at radius 2 is 2.11 bits per heavy atom. The molecule has 1 atom stereocenters. The highest BCUT2D eigenvalue weighted by molar-refractivity contribution is 6.19. The number of hydrogen-bond acceptors (Lipinski definition) is 3. The molecule has 0 saturated heterocycles. The number of hydrogen-bond donors (Lipinski definition) is 0. The van der Waals surface area contributed by atoms with E-state index in [1.807, 2.05) is 25.1 Å². The lowest BCUT2D eigenvalue weighted by atomic mass is 10.2. The van der Waals surface area contributed by atoms with Gasteiger partial charge in [0.15, 0.2) is 0 Å². The van der Waals surface area contributed by atoms with Crippen LogP contribution < -0.4 is 9.47 Å². The van der Waals surface area contributed by atoms with Gasteiger partial charge < -0.3 is 14.2 Å². The molecule has 3 nitrogen and oxygen atoms in total. The summed E-state index contributed by atoms with van der Waals surface area (Å²) >= 11 is 5.59. The third-order valence-electron chi connectivity index (χ3n) is 2.53. The summed E-state index contributed by atoms with van der Waals surface area (Å²) in [4.78, 5) is 0. The number of benzene rings is 1. The van der Waals surface area contributed by atoms with E-state index in [2.05, 4.69) is 11.8 Å². The Morgan fingerprint density at radius 1 is 1.32 bits per heavy atom. The topological polar surface area (TPSA) is 27.7 Å². The predicted octanol–water partition coefficient (Wildman–Crippen LogP) is 3.09. The highest BCUT2D eigenvalue weighted by Gasteiger charge is 2.08. The Kier molecular flexibility index (Phi) is 7.17. The monoisotopic (exact) mass is 282 g/mol. The molecule has 104 valence electrons. The Labute approximate surface area is 119 Å². The van der Waals surface area contributed by atoms with Gasteiger partial charge in [-0.25, -0.2) is 0 Å². The van der Waals surface area contributed by atoms with E-state index in [4.69, 9.17) is 25.8 Å². The lowest BCUT2D eigenvalue weighted by Crippen LogP contribution is -2.14. The van der Waals surface area contributed by atoms with Crippen LogP contribution in [-0.2, 0) is 4.74 Å². The zero-order valence-corrected chi connectivity index (χ0v) is 12.3. The molecule has 0 aliphatic heterocycles. The number of ether oxygens (including phenoxy) is 3. The van der Waals surface area contributed by atoms with Crippen LogP contribution in [0.25, 0.3) is 0 Å². The van der Waals surface area contributed by atoms with Crippen LogP contribution in [-0.4, -0.2) is 32.8 Å². The number of halogens is 1. The van der Waals surface area contributed by atoms with Crippen molar-refractivity contribution in [3.8, 4) is 23.3 Å². The van der Waals surface area contributed by atoms with Gasteiger partial charge in [-0.2, -0.15) is 0 Å². The number of rotatable bonds is 6. The van der Waals surface area contributed by atoms with Crippen molar-refractivity contribution in [3.05, 3.63) is 23.8 Å². The van der Waals surface area contributed by atoms with Crippen molar-refractivity contribution < 1.29 is 14.2 Å². The smallest absolute Gasteiger partial charge is 0.135 e. The largest absolute Gasteiger partial charge is 0.497 e. The van der Waals surface area contributed by atoms with E-state index in [1.54, 1.807) is 14.2 Å². The van der Waals surface area contributed by atoms with Crippen LogP contribution in [0, 0.1) is 11.8 Å². The standard InChI is InChI=1S/C15H19ClO3/c1-12(8-10-17-2)19-15-7-6-14(18-3)11-13(15)5-4-9-16/h6-7,11-12H,8-10H2,1-3H3. The second-order valence-corrected chi connectivity index (χ2v) is 4.27. The average molecular weight is 283 g/mol. The maximum atomic E-state index is 5.86. The van der Waals surface area contributed by atoms with Crippen molar-refractivity contribution in [3.63, 3.8) is 0 Å². The normalized spacial score (nSPS) is 11.4. The highest BCUT2D eigenvalue weighted by Crippen LogP contribution is 2.24. The van der Waals surface area contributed by atoms with Crippen LogP contribution in [0.15, 0.2) is 18.2 Å². The first-order chi connectivity index (χ1) is 9.21. The fourth-order valence-corrected chi connectivity index (χ4v) is 1.59. The SMILES string of the molecule is COCCC(C)Oc1ccc(OC)cc1C#CCCl. The third kappa shape index (κ3) is 5.42. The van der Waals surface area contributed by atoms with E-state index < -0.39 is 0 Å². The Bertz CT molecular complexity index is 448. The minimum Gasteiger partial charge on any atom is -0.497 e. The van der Waals surface area contributed by atoms with Crippen molar-refractivity contribution in [1.82, 2.24) is 0 Å². The molecule has 0 fully saturated rings. The molecule has 4 heteroatoms. The maximum absolute atomic E-state index is 5.86. The van der Waals surface area contributed by atoms with Gasteiger partial charge in [0.05, 0.1) is 24.7 Å².